The van der Waals surface area contributed by atoms with E-state index in [0.29, 0.717) is 12.1 Å². The lowest BCUT2D eigenvalue weighted by Crippen LogP contribution is -2.07. The summed E-state index contributed by atoms with van der Waals surface area (Å²) in [6.45, 7) is 0.510. The van der Waals surface area contributed by atoms with Gasteiger partial charge in [0.1, 0.15) is 6.61 Å². The van der Waals surface area contributed by atoms with Crippen molar-refractivity contribution >= 4 is 6.08 Å². The van der Waals surface area contributed by atoms with Crippen molar-refractivity contribution in [2.24, 2.45) is 0 Å². The van der Waals surface area contributed by atoms with Gasteiger partial charge in [-0.05, 0) is 36.4 Å². The average molecular weight is 289 g/mol. The Bertz CT molecular complexity index is 588. The van der Waals surface area contributed by atoms with E-state index in [0.717, 1.165) is 5.56 Å². The van der Waals surface area contributed by atoms with Gasteiger partial charge in [-0.25, -0.2) is 8.78 Å². The number of rotatable bonds is 6. The van der Waals surface area contributed by atoms with E-state index in [1.165, 1.54) is 12.1 Å². The fourth-order valence-corrected chi connectivity index (χ4v) is 1.94. The molecule has 2 nitrogen and oxygen atoms in total. The lowest BCUT2D eigenvalue weighted by atomic mass is 10.2. The SMILES string of the molecule is CNCc1cc(F)c(OCC=Cc2ccccc2)c(F)c1. The second kappa shape index (κ2) is 7.55. The molecule has 0 saturated carbocycles. The van der Waals surface area contributed by atoms with Crippen LogP contribution in [0, 0.1) is 11.6 Å². The van der Waals surface area contributed by atoms with Gasteiger partial charge in [-0.3, -0.25) is 0 Å². The normalized spacial score (nSPS) is 11.0. The Kier molecular flexibility index (Phi) is 5.46. The van der Waals surface area contributed by atoms with Crippen molar-refractivity contribution in [1.29, 1.82) is 0 Å². The van der Waals surface area contributed by atoms with Crippen LogP contribution in [0.3, 0.4) is 0 Å². The van der Waals surface area contributed by atoms with E-state index in [9.17, 15) is 8.78 Å². The Morgan fingerprint density at radius 1 is 1.10 bits per heavy atom. The minimum absolute atomic E-state index is 0.105. The highest BCUT2D eigenvalue weighted by atomic mass is 19.1. The second-order valence-electron chi connectivity index (χ2n) is 4.54. The van der Waals surface area contributed by atoms with E-state index in [4.69, 9.17) is 4.74 Å². The van der Waals surface area contributed by atoms with Crippen molar-refractivity contribution < 1.29 is 13.5 Å². The highest BCUT2D eigenvalue weighted by Gasteiger charge is 2.11. The largest absolute Gasteiger partial charge is 0.483 e. The molecular formula is C17H17F2NO. The Morgan fingerprint density at radius 2 is 1.76 bits per heavy atom. The molecule has 110 valence electrons. The van der Waals surface area contributed by atoms with Crippen LogP contribution in [-0.4, -0.2) is 13.7 Å². The second-order valence-corrected chi connectivity index (χ2v) is 4.54. The van der Waals surface area contributed by atoms with Crippen molar-refractivity contribution in [3.05, 3.63) is 71.3 Å². The van der Waals surface area contributed by atoms with Crippen molar-refractivity contribution in [2.75, 3.05) is 13.7 Å². The monoisotopic (exact) mass is 289 g/mol. The van der Waals surface area contributed by atoms with E-state index < -0.39 is 11.6 Å². The average Bonchev–Trinajstić information content (AvgIpc) is 2.47. The van der Waals surface area contributed by atoms with Crippen molar-refractivity contribution in [1.82, 2.24) is 5.32 Å². The number of ether oxygens (including phenoxy) is 1. The number of benzene rings is 2. The summed E-state index contributed by atoms with van der Waals surface area (Å²) in [6.07, 6.45) is 3.56. The maximum absolute atomic E-state index is 13.8. The molecule has 0 aliphatic rings. The van der Waals surface area contributed by atoms with Gasteiger partial charge < -0.3 is 10.1 Å². The maximum atomic E-state index is 13.8. The van der Waals surface area contributed by atoms with Gasteiger partial charge in [-0.2, -0.15) is 0 Å². The first-order valence-electron chi connectivity index (χ1n) is 6.67. The minimum atomic E-state index is -0.687. The molecule has 0 aliphatic carbocycles. The van der Waals surface area contributed by atoms with E-state index in [1.807, 2.05) is 36.4 Å². The maximum Gasteiger partial charge on any atom is 0.191 e. The van der Waals surface area contributed by atoms with Crippen LogP contribution in [0.25, 0.3) is 6.08 Å². The molecule has 2 aromatic rings. The first-order valence-corrected chi connectivity index (χ1v) is 6.67. The molecule has 0 heterocycles. The molecule has 0 amide bonds. The molecule has 0 fully saturated rings. The van der Waals surface area contributed by atoms with Crippen LogP contribution in [0.2, 0.25) is 0 Å². The van der Waals surface area contributed by atoms with Crippen molar-refractivity contribution in [2.45, 2.75) is 6.54 Å². The first-order chi connectivity index (χ1) is 10.2. The van der Waals surface area contributed by atoms with Crippen molar-refractivity contribution in [3.63, 3.8) is 0 Å². The zero-order valence-electron chi connectivity index (χ0n) is 11.8. The Hall–Kier alpha value is -2.20. The summed E-state index contributed by atoms with van der Waals surface area (Å²) in [5, 5.41) is 2.84. The molecule has 0 radical (unpaired) electrons. The standard InChI is InChI=1S/C17H17F2NO/c1-20-12-14-10-15(18)17(16(19)11-14)21-9-5-8-13-6-3-2-4-7-13/h2-8,10-11,20H,9,12H2,1H3. The summed E-state index contributed by atoms with van der Waals surface area (Å²) in [7, 11) is 1.72. The van der Waals surface area contributed by atoms with Crippen LogP contribution in [0.5, 0.6) is 5.75 Å². The van der Waals surface area contributed by atoms with E-state index in [-0.39, 0.29) is 12.4 Å². The van der Waals surface area contributed by atoms with Crippen LogP contribution >= 0.6 is 0 Å². The van der Waals surface area contributed by atoms with Gasteiger partial charge in [-0.1, -0.05) is 36.4 Å². The molecule has 0 spiro atoms. The minimum Gasteiger partial charge on any atom is -0.483 e. The van der Waals surface area contributed by atoms with Crippen LogP contribution in [-0.2, 0) is 6.54 Å². The van der Waals surface area contributed by atoms with Gasteiger partial charge in [0.05, 0.1) is 0 Å². The molecule has 0 aromatic heterocycles. The summed E-state index contributed by atoms with van der Waals surface area (Å²) in [5.41, 5.74) is 1.55. The third kappa shape index (κ3) is 4.39. The fraction of sp³-hybridized carbons (Fsp3) is 0.176. The Labute approximate surface area is 123 Å². The fourth-order valence-electron chi connectivity index (χ4n) is 1.94. The number of hydrogen-bond donors (Lipinski definition) is 1. The highest BCUT2D eigenvalue weighted by molar-refractivity contribution is 5.48. The number of nitrogens with one attached hydrogen (secondary N) is 1. The van der Waals surface area contributed by atoms with E-state index in [1.54, 1.807) is 13.1 Å². The Morgan fingerprint density at radius 3 is 2.38 bits per heavy atom. The molecule has 21 heavy (non-hydrogen) atoms. The van der Waals surface area contributed by atoms with Crippen LogP contribution in [0.1, 0.15) is 11.1 Å². The number of hydrogen-bond acceptors (Lipinski definition) is 2. The highest BCUT2D eigenvalue weighted by Crippen LogP contribution is 2.23. The quantitative estimate of drug-likeness (QED) is 0.874. The molecule has 4 heteroatoms. The van der Waals surface area contributed by atoms with Gasteiger partial charge in [0.2, 0.25) is 0 Å². The summed E-state index contributed by atoms with van der Waals surface area (Å²) in [5.74, 6) is -1.71. The molecule has 1 N–H and O–H groups in total. The molecule has 2 aromatic carbocycles. The lowest BCUT2D eigenvalue weighted by molar-refractivity contribution is 0.320. The van der Waals surface area contributed by atoms with Gasteiger partial charge in [0, 0.05) is 6.54 Å². The third-order valence-corrected chi connectivity index (χ3v) is 2.87. The molecule has 2 rings (SSSR count). The lowest BCUT2D eigenvalue weighted by Gasteiger charge is -2.08. The third-order valence-electron chi connectivity index (χ3n) is 2.87. The van der Waals surface area contributed by atoms with Gasteiger partial charge in [-0.15, -0.1) is 0 Å². The van der Waals surface area contributed by atoms with Gasteiger partial charge >= 0.3 is 0 Å². The summed E-state index contributed by atoms with van der Waals surface area (Å²) >= 11 is 0. The topological polar surface area (TPSA) is 21.3 Å². The molecule has 0 saturated heterocycles. The van der Waals surface area contributed by atoms with E-state index >= 15 is 0 Å². The van der Waals surface area contributed by atoms with Crippen LogP contribution in [0.15, 0.2) is 48.5 Å². The predicted octanol–water partition coefficient (Wildman–Crippen LogP) is 3.78. The zero-order chi connectivity index (χ0) is 15.1. The summed E-state index contributed by atoms with van der Waals surface area (Å²) < 4.78 is 32.7. The molecular weight excluding hydrogens is 272 g/mol. The first kappa shape index (κ1) is 15.2. The predicted molar refractivity (Wildman–Crippen MR) is 80.1 cm³/mol. The Balaban J connectivity index is 1.99. The smallest absolute Gasteiger partial charge is 0.191 e. The molecule has 0 aliphatic heterocycles. The van der Waals surface area contributed by atoms with E-state index in [2.05, 4.69) is 5.32 Å². The summed E-state index contributed by atoms with van der Waals surface area (Å²) in [6, 6.07) is 12.2. The van der Waals surface area contributed by atoms with Gasteiger partial charge in [0.25, 0.3) is 0 Å². The summed E-state index contributed by atoms with van der Waals surface area (Å²) in [4.78, 5) is 0. The molecule has 0 unspecified atom stereocenters. The molecule has 0 atom stereocenters. The van der Waals surface area contributed by atoms with Crippen molar-refractivity contribution in [3.8, 4) is 5.75 Å². The van der Waals surface area contributed by atoms with Gasteiger partial charge in [0.15, 0.2) is 17.4 Å². The van der Waals surface area contributed by atoms with Crippen LogP contribution < -0.4 is 10.1 Å². The van der Waals surface area contributed by atoms with Crippen LogP contribution in [0.4, 0.5) is 8.78 Å². The molecule has 0 bridgehead atoms. The number of halogens is 2. The zero-order valence-corrected chi connectivity index (χ0v) is 11.8.